The molecular weight excluding hydrogens is 769 g/mol. The van der Waals surface area contributed by atoms with Crippen molar-refractivity contribution in [2.45, 2.75) is 71.3 Å². The van der Waals surface area contributed by atoms with Gasteiger partial charge < -0.3 is 24.6 Å². The summed E-state index contributed by atoms with van der Waals surface area (Å²) >= 11 is 0. The highest BCUT2D eigenvalue weighted by atomic mass is 16.5. The minimum Gasteiger partial charge on any atom is -0.372 e. The number of aromatic amines is 1. The van der Waals surface area contributed by atoms with E-state index < -0.39 is 5.91 Å². The largest absolute Gasteiger partial charge is 0.372 e. The van der Waals surface area contributed by atoms with Crippen molar-refractivity contribution in [1.82, 2.24) is 40.6 Å². The number of likely N-dealkylation sites (tertiary alicyclic amines) is 1. The van der Waals surface area contributed by atoms with Crippen LogP contribution >= 0.6 is 0 Å². The summed E-state index contributed by atoms with van der Waals surface area (Å²) in [7, 11) is 0. The highest BCUT2D eigenvalue weighted by Crippen LogP contribution is 2.35. The molecule has 3 aromatic carbocycles. The molecule has 1 atom stereocenters. The Balaban J connectivity index is 0.773. The predicted octanol–water partition coefficient (Wildman–Crippen LogP) is 7.53. The van der Waals surface area contributed by atoms with Crippen LogP contribution in [0.15, 0.2) is 83.6 Å². The fourth-order valence-electron chi connectivity index (χ4n) is 8.85. The number of H-pyrrole nitrogens is 1. The van der Waals surface area contributed by atoms with Crippen LogP contribution in [-0.4, -0.2) is 87.1 Å². The van der Waals surface area contributed by atoms with Crippen molar-refractivity contribution in [3.8, 4) is 22.5 Å². The molecule has 3 aliphatic heterocycles. The lowest BCUT2D eigenvalue weighted by Gasteiger charge is -2.43. The number of aryl methyl sites for hydroxylation is 1. The first-order chi connectivity index (χ1) is 29.4. The highest BCUT2D eigenvalue weighted by molar-refractivity contribution is 6.05. The van der Waals surface area contributed by atoms with Crippen LogP contribution in [0.2, 0.25) is 0 Å². The van der Waals surface area contributed by atoms with Gasteiger partial charge in [-0.1, -0.05) is 62.3 Å². The van der Waals surface area contributed by atoms with Crippen LogP contribution in [0.5, 0.6) is 0 Å². The number of rotatable bonds is 10. The summed E-state index contributed by atoms with van der Waals surface area (Å²) in [5, 5.41) is 10.3. The third kappa shape index (κ3) is 8.36. The molecule has 61 heavy (non-hydrogen) atoms. The van der Waals surface area contributed by atoms with E-state index in [4.69, 9.17) is 9.51 Å². The first-order valence-corrected chi connectivity index (χ1v) is 21.2. The van der Waals surface area contributed by atoms with Crippen LogP contribution in [0.25, 0.3) is 33.5 Å². The normalized spacial score (nSPS) is 17.4. The minimum absolute atomic E-state index is 0.0448. The molecule has 9 rings (SSSR count). The summed E-state index contributed by atoms with van der Waals surface area (Å²) < 4.78 is 5.25. The Hall–Kier alpha value is -6.41. The second-order valence-electron chi connectivity index (χ2n) is 17.8. The molecule has 6 aromatic rings. The number of hydrogen-bond acceptors (Lipinski definition) is 10. The van der Waals surface area contributed by atoms with Crippen molar-refractivity contribution in [2.75, 3.05) is 49.1 Å². The van der Waals surface area contributed by atoms with Gasteiger partial charge in [0.15, 0.2) is 5.82 Å². The fraction of sp³-hybridized carbons (Fsp3) is 0.383. The van der Waals surface area contributed by atoms with E-state index in [0.717, 1.165) is 95.9 Å². The molecule has 6 heterocycles. The molecule has 0 spiro atoms. The van der Waals surface area contributed by atoms with Crippen molar-refractivity contribution in [1.29, 1.82) is 0 Å². The van der Waals surface area contributed by atoms with Crippen LogP contribution in [0.4, 0.5) is 16.2 Å². The molecule has 0 bridgehead atoms. The number of benzene rings is 3. The lowest BCUT2D eigenvalue weighted by atomic mass is 9.88. The third-order valence-corrected chi connectivity index (χ3v) is 12.4. The van der Waals surface area contributed by atoms with Gasteiger partial charge in [0.25, 0.3) is 0 Å². The molecular formula is C47H52N10O4. The summed E-state index contributed by atoms with van der Waals surface area (Å²) in [6.45, 7) is 15.7. The van der Waals surface area contributed by atoms with Gasteiger partial charge in [-0.3, -0.25) is 19.8 Å². The number of nitrogens with one attached hydrogen (secondary N) is 3. The van der Waals surface area contributed by atoms with Gasteiger partial charge in [0.1, 0.15) is 12.0 Å². The zero-order valence-corrected chi connectivity index (χ0v) is 35.4. The zero-order valence-electron chi connectivity index (χ0n) is 35.4. The summed E-state index contributed by atoms with van der Waals surface area (Å²) in [5.74, 6) is 1.05. The Morgan fingerprint density at radius 2 is 1.64 bits per heavy atom. The maximum Gasteiger partial charge on any atom is 0.328 e. The summed E-state index contributed by atoms with van der Waals surface area (Å²) in [6.07, 6.45) is 4.25. The first kappa shape index (κ1) is 40.0. The summed E-state index contributed by atoms with van der Waals surface area (Å²) in [4.78, 5) is 60.4. The summed E-state index contributed by atoms with van der Waals surface area (Å²) in [5.41, 5.74) is 9.74. The number of urea groups is 1. The molecule has 3 aromatic heterocycles. The van der Waals surface area contributed by atoms with Crippen molar-refractivity contribution in [3.05, 3.63) is 108 Å². The van der Waals surface area contributed by atoms with Crippen LogP contribution in [0.1, 0.15) is 92.1 Å². The molecule has 3 fully saturated rings. The number of fused-ring (bicyclic) bond motifs is 1. The van der Waals surface area contributed by atoms with Crippen LogP contribution in [0.3, 0.4) is 0 Å². The number of imide groups is 1. The number of carbonyl (C=O) groups is 3. The highest BCUT2D eigenvalue weighted by Gasteiger charge is 2.32. The number of amides is 4. The van der Waals surface area contributed by atoms with Gasteiger partial charge in [-0.05, 0) is 91.3 Å². The summed E-state index contributed by atoms with van der Waals surface area (Å²) in [6, 6.07) is 24.7. The average molecular weight is 821 g/mol. The first-order valence-electron chi connectivity index (χ1n) is 21.2. The minimum atomic E-state index is -0.405. The van der Waals surface area contributed by atoms with E-state index in [0.29, 0.717) is 30.6 Å². The van der Waals surface area contributed by atoms with Gasteiger partial charge in [-0.15, -0.1) is 0 Å². The Morgan fingerprint density at radius 3 is 2.33 bits per heavy atom. The van der Waals surface area contributed by atoms with Crippen molar-refractivity contribution < 1.29 is 18.9 Å². The van der Waals surface area contributed by atoms with Crippen molar-refractivity contribution in [2.24, 2.45) is 5.92 Å². The third-order valence-electron chi connectivity index (χ3n) is 12.4. The number of anilines is 2. The molecule has 14 heteroatoms. The van der Waals surface area contributed by atoms with Gasteiger partial charge in [0, 0.05) is 85.0 Å². The quantitative estimate of drug-likeness (QED) is 0.126. The van der Waals surface area contributed by atoms with E-state index in [1.807, 2.05) is 58.9 Å². The Labute approximate surface area is 355 Å². The monoisotopic (exact) mass is 820 g/mol. The van der Waals surface area contributed by atoms with Crippen molar-refractivity contribution in [3.63, 3.8) is 0 Å². The SMILES string of the molecule is Cc1cc(-c2ncnc3[nH]c(-c4ccc(C5CN(CC6CCN(c7ccc(N8CCC(=O)NC8=O)cc7)CC6)C5)cc4)cc23)ccc1[C@@H](C)NC(=O)c1nc(C(C)(C)C)no1. The Morgan fingerprint density at radius 1 is 0.918 bits per heavy atom. The predicted molar refractivity (Wildman–Crippen MR) is 234 cm³/mol. The second-order valence-corrected chi connectivity index (χ2v) is 17.8. The average Bonchev–Trinajstić information content (AvgIpc) is 3.92. The molecule has 4 amide bonds. The molecule has 0 radical (unpaired) electrons. The molecule has 14 nitrogen and oxygen atoms in total. The number of hydrogen-bond donors (Lipinski definition) is 3. The molecule has 0 saturated carbocycles. The standard InChI is InChI=1S/C47H52N10O4/c1-28-22-33(10-15-37(28)29(2)50-43(59)44-53-45(54-61-44)47(3,4)5)41-38-23-39(51-42(38)49-27-48-41)32-8-6-31(7-9-32)34-25-55(26-34)24-30-16-19-56(20-17-30)35-11-13-36(14-12-35)57-21-18-40(58)52-46(57)60/h6-15,22-23,27,29-30,34H,16-21,24-26H2,1-5H3,(H,50,59)(H,48,49,51)(H,52,58,60)/t29-/m1/s1. The van der Waals surface area contributed by atoms with E-state index in [1.54, 1.807) is 11.2 Å². The topological polar surface area (TPSA) is 165 Å². The fourth-order valence-corrected chi connectivity index (χ4v) is 8.85. The van der Waals surface area contributed by atoms with Crippen molar-refractivity contribution >= 4 is 40.3 Å². The second kappa shape index (κ2) is 16.2. The lowest BCUT2D eigenvalue weighted by molar-refractivity contribution is -0.120. The number of aromatic nitrogens is 5. The zero-order chi connectivity index (χ0) is 42.4. The molecule has 3 saturated heterocycles. The number of nitrogens with zero attached hydrogens (tertiary/aromatic N) is 7. The Bertz CT molecular complexity index is 2580. The smallest absolute Gasteiger partial charge is 0.328 e. The van der Waals surface area contributed by atoms with E-state index in [9.17, 15) is 14.4 Å². The number of carbonyl (C=O) groups excluding carboxylic acids is 3. The molecule has 3 N–H and O–H groups in total. The maximum atomic E-state index is 12.9. The van der Waals surface area contributed by atoms with Gasteiger partial charge in [-0.2, -0.15) is 4.98 Å². The molecule has 3 aliphatic rings. The van der Waals surface area contributed by atoms with Gasteiger partial charge >= 0.3 is 17.8 Å². The van der Waals surface area contributed by atoms with E-state index >= 15 is 0 Å². The van der Waals surface area contributed by atoms with Crippen LogP contribution in [-0.2, 0) is 10.2 Å². The number of piperidine rings is 1. The van der Waals surface area contributed by atoms with Crippen LogP contribution in [0, 0.1) is 12.8 Å². The molecule has 314 valence electrons. The van der Waals surface area contributed by atoms with Gasteiger partial charge in [0.2, 0.25) is 5.91 Å². The molecule has 0 unspecified atom stereocenters. The lowest BCUT2D eigenvalue weighted by Crippen LogP contribution is -2.49. The Kier molecular flexibility index (Phi) is 10.6. The van der Waals surface area contributed by atoms with E-state index in [2.05, 4.69) is 89.1 Å². The van der Waals surface area contributed by atoms with Crippen LogP contribution < -0.4 is 20.4 Å². The maximum absolute atomic E-state index is 12.9. The molecule has 0 aliphatic carbocycles. The van der Waals surface area contributed by atoms with E-state index in [1.165, 1.54) is 11.3 Å². The van der Waals surface area contributed by atoms with E-state index in [-0.39, 0.29) is 29.3 Å². The van der Waals surface area contributed by atoms with Gasteiger partial charge in [0.05, 0.1) is 11.7 Å². The van der Waals surface area contributed by atoms with Gasteiger partial charge in [-0.25, -0.2) is 14.8 Å².